The van der Waals surface area contributed by atoms with Gasteiger partial charge in [0.05, 0.1) is 30.7 Å². The van der Waals surface area contributed by atoms with Crippen molar-refractivity contribution >= 4 is 75.1 Å². The molecule has 2 saturated heterocycles. The highest BCUT2D eigenvalue weighted by Gasteiger charge is 2.30. The van der Waals surface area contributed by atoms with Crippen molar-refractivity contribution in [3.05, 3.63) is 151 Å². The van der Waals surface area contributed by atoms with Gasteiger partial charge >= 0.3 is 12.2 Å². The molecule has 2 aliphatic rings. The fraction of sp³-hybridized carbons (Fsp3) is 0.389. The van der Waals surface area contributed by atoms with Gasteiger partial charge in [0, 0.05) is 66.3 Å². The summed E-state index contributed by atoms with van der Waals surface area (Å²) in [5.41, 5.74) is 2.68. The van der Waals surface area contributed by atoms with Crippen LogP contribution in [-0.4, -0.2) is 96.1 Å². The third-order valence-corrected chi connectivity index (χ3v) is 13.1. The number of alkyl carbamates (subject to hydrolysis) is 2. The van der Waals surface area contributed by atoms with E-state index in [0.717, 1.165) is 43.4 Å². The van der Waals surface area contributed by atoms with Gasteiger partial charge in [-0.25, -0.2) is 19.6 Å². The SMILES string of the molecule is CC(C)(C)OC(=O)N[C@@H]1CCCN(c2nc3cc[nH]c(=O)c3n2Cc2ccccc2Cl)C1.CC(C)(C)OC(=O)N[C@@H]1CCCN(c2nc3ccn(CC(=O)c4ccccc4)c(=O)c3n2Cc2ccccc2Cl)C1. The molecule has 0 radical (unpaired) electrons. The number of fused-ring (bicyclic) bond motifs is 2. The zero-order chi connectivity index (χ0) is 52.0. The Morgan fingerprint density at radius 3 is 1.64 bits per heavy atom. The summed E-state index contributed by atoms with van der Waals surface area (Å²) in [5, 5.41) is 7.17. The number of piperidine rings is 2. The minimum Gasteiger partial charge on any atom is -0.444 e. The van der Waals surface area contributed by atoms with Gasteiger partial charge in [-0.2, -0.15) is 0 Å². The van der Waals surface area contributed by atoms with E-state index in [-0.39, 0.29) is 35.5 Å². The van der Waals surface area contributed by atoms with E-state index < -0.39 is 23.4 Å². The summed E-state index contributed by atoms with van der Waals surface area (Å²) in [6, 6.07) is 27.3. The molecule has 2 fully saturated rings. The maximum atomic E-state index is 13.9. The molecule has 3 N–H and O–H groups in total. The number of halogens is 2. The molecule has 2 atom stereocenters. The van der Waals surface area contributed by atoms with Gasteiger partial charge in [0.1, 0.15) is 22.2 Å². The summed E-state index contributed by atoms with van der Waals surface area (Å²) in [5.74, 6) is 1.14. The third-order valence-electron chi connectivity index (χ3n) is 12.3. The molecule has 0 unspecified atom stereocenters. The topological polar surface area (TPSA) is 191 Å². The highest BCUT2D eigenvalue weighted by molar-refractivity contribution is 6.31. The molecule has 9 rings (SSSR count). The number of rotatable bonds is 11. The quantitative estimate of drug-likeness (QED) is 0.105. The van der Waals surface area contributed by atoms with Crippen molar-refractivity contribution in [1.29, 1.82) is 0 Å². The zero-order valence-corrected chi connectivity index (χ0v) is 43.5. The number of amides is 2. The van der Waals surface area contributed by atoms with Crippen LogP contribution in [0.1, 0.15) is 88.7 Å². The molecule has 4 aromatic heterocycles. The van der Waals surface area contributed by atoms with Crippen molar-refractivity contribution in [3.8, 4) is 0 Å². The van der Waals surface area contributed by atoms with Crippen LogP contribution in [0.15, 0.2) is 113 Å². The maximum absolute atomic E-state index is 13.9. The summed E-state index contributed by atoms with van der Waals surface area (Å²) >= 11 is 12.9. The molecule has 0 spiro atoms. The van der Waals surface area contributed by atoms with E-state index in [2.05, 4.69) is 25.4 Å². The number of aromatic nitrogens is 6. The maximum Gasteiger partial charge on any atom is 0.407 e. The summed E-state index contributed by atoms with van der Waals surface area (Å²) in [6.07, 6.45) is 5.69. The first-order valence-corrected chi connectivity index (χ1v) is 25.3. The normalized spacial score (nSPS) is 16.2. The second-order valence-corrected chi connectivity index (χ2v) is 21.2. The minimum absolute atomic E-state index is 0.0783. The van der Waals surface area contributed by atoms with E-state index in [1.807, 2.05) is 105 Å². The lowest BCUT2D eigenvalue weighted by atomic mass is 10.1. The Morgan fingerprint density at radius 1 is 0.658 bits per heavy atom. The number of pyridine rings is 2. The van der Waals surface area contributed by atoms with Crippen molar-refractivity contribution in [2.75, 3.05) is 36.0 Å². The van der Waals surface area contributed by atoms with Crippen molar-refractivity contribution in [2.24, 2.45) is 0 Å². The third kappa shape index (κ3) is 13.1. The molecular weight excluding hydrogens is 972 g/mol. The first kappa shape index (κ1) is 52.2. The molecule has 2 aliphatic heterocycles. The molecule has 3 aromatic carbocycles. The van der Waals surface area contributed by atoms with Gasteiger partial charge in [-0.05, 0) is 103 Å². The number of hydrogen-bond acceptors (Lipinski definition) is 11. The highest BCUT2D eigenvalue weighted by Crippen LogP contribution is 2.29. The van der Waals surface area contributed by atoms with Gasteiger partial charge in [-0.15, -0.1) is 0 Å². The monoisotopic (exact) mass is 1030 g/mol. The largest absolute Gasteiger partial charge is 0.444 e. The van der Waals surface area contributed by atoms with Gasteiger partial charge in [0.2, 0.25) is 11.9 Å². The van der Waals surface area contributed by atoms with Crippen LogP contribution in [0.2, 0.25) is 10.0 Å². The summed E-state index contributed by atoms with van der Waals surface area (Å²) in [7, 11) is 0. The van der Waals surface area contributed by atoms with Gasteiger partial charge < -0.3 is 48.6 Å². The van der Waals surface area contributed by atoms with Crippen LogP contribution in [-0.2, 0) is 29.1 Å². The number of ether oxygens (including phenoxy) is 2. The number of imidazole rings is 2. The Labute approximate surface area is 433 Å². The van der Waals surface area contributed by atoms with Crippen molar-refractivity contribution in [3.63, 3.8) is 0 Å². The van der Waals surface area contributed by atoms with E-state index in [9.17, 15) is 24.0 Å². The number of carbonyl (C=O) groups is 3. The molecular formula is C54H62Cl2N10O7. The van der Waals surface area contributed by atoms with Crippen LogP contribution < -0.4 is 31.6 Å². The second kappa shape index (κ2) is 22.3. The molecule has 384 valence electrons. The number of nitrogens with zero attached hydrogens (tertiary/aromatic N) is 7. The standard InChI is InChI=1S/C31H34ClN5O4.C23H28ClN5O3/c1-31(2,3)41-30(40)33-23-13-9-16-36(19-23)29-34-25-15-17-35(20-26(38)21-10-5-4-6-11-21)28(39)27(25)37(29)18-22-12-7-8-14-24(22)32;1-23(2,3)32-22(31)26-16-8-6-12-28(14-16)21-27-18-10-11-25-20(30)19(18)29(21)13-15-7-4-5-9-17(15)24/h4-8,10-12,14-15,17,23H,9,13,16,18-20H2,1-3H3,(H,33,40);4-5,7,9-11,16H,6,8,12-14H2,1-3H3,(H,25,30)(H,26,31)/t23-;16-/m11/s1. The molecule has 0 bridgehead atoms. The Balaban J connectivity index is 0.000000201. The number of nitrogens with one attached hydrogen (secondary N) is 3. The number of H-pyrrole nitrogens is 1. The van der Waals surface area contributed by atoms with Crippen molar-refractivity contribution in [2.45, 2.75) is 110 Å². The molecule has 0 saturated carbocycles. The Morgan fingerprint density at radius 2 is 1.14 bits per heavy atom. The Kier molecular flexibility index (Phi) is 16.0. The lowest BCUT2D eigenvalue weighted by Gasteiger charge is -2.34. The van der Waals surface area contributed by atoms with Gasteiger partial charge in [-0.3, -0.25) is 14.4 Å². The lowest BCUT2D eigenvalue weighted by molar-refractivity contribution is 0.0488. The fourth-order valence-corrected chi connectivity index (χ4v) is 9.51. The molecule has 0 aliphatic carbocycles. The summed E-state index contributed by atoms with van der Waals surface area (Å²) in [4.78, 5) is 80.8. The predicted molar refractivity (Wildman–Crippen MR) is 285 cm³/mol. The van der Waals surface area contributed by atoms with Crippen molar-refractivity contribution < 1.29 is 23.9 Å². The first-order valence-electron chi connectivity index (χ1n) is 24.5. The van der Waals surface area contributed by atoms with Crippen LogP contribution in [0, 0.1) is 0 Å². The van der Waals surface area contributed by atoms with E-state index in [0.29, 0.717) is 82.3 Å². The summed E-state index contributed by atoms with van der Waals surface area (Å²) < 4.78 is 16.1. The minimum atomic E-state index is -0.594. The van der Waals surface area contributed by atoms with Crippen LogP contribution >= 0.6 is 23.2 Å². The number of carbonyl (C=O) groups excluding carboxylic acids is 3. The van der Waals surface area contributed by atoms with Crippen LogP contribution in [0.25, 0.3) is 22.1 Å². The molecule has 17 nitrogen and oxygen atoms in total. The Bertz CT molecular complexity index is 3230. The molecule has 19 heteroatoms. The summed E-state index contributed by atoms with van der Waals surface area (Å²) in [6.45, 7) is 14.2. The van der Waals surface area contributed by atoms with Crippen LogP contribution in [0.3, 0.4) is 0 Å². The van der Waals surface area contributed by atoms with E-state index in [1.165, 1.54) is 4.57 Å². The average molecular weight is 1030 g/mol. The molecule has 7 aromatic rings. The number of benzene rings is 3. The lowest BCUT2D eigenvalue weighted by Crippen LogP contribution is -2.49. The number of Topliss-reactive ketones (excluding diaryl/α,β-unsaturated/α-hetero) is 1. The molecule has 6 heterocycles. The van der Waals surface area contributed by atoms with Gasteiger partial charge in [-0.1, -0.05) is 89.9 Å². The fourth-order valence-electron chi connectivity index (χ4n) is 9.12. The van der Waals surface area contributed by atoms with Crippen LogP contribution in [0.4, 0.5) is 21.5 Å². The van der Waals surface area contributed by atoms with Crippen LogP contribution in [0.5, 0.6) is 0 Å². The highest BCUT2D eigenvalue weighted by atomic mass is 35.5. The average Bonchev–Trinajstić information content (AvgIpc) is 3.90. The molecule has 2 amide bonds. The first-order chi connectivity index (χ1) is 34.8. The van der Waals surface area contributed by atoms with Crippen molar-refractivity contribution in [1.82, 2.24) is 39.3 Å². The Hall–Kier alpha value is -7.11. The number of aromatic amines is 1. The van der Waals surface area contributed by atoms with Gasteiger partial charge in [0.15, 0.2) is 5.78 Å². The number of anilines is 2. The number of ketones is 1. The van der Waals surface area contributed by atoms with Gasteiger partial charge in [0.25, 0.3) is 11.1 Å². The van der Waals surface area contributed by atoms with E-state index in [1.54, 1.807) is 48.8 Å². The zero-order valence-electron chi connectivity index (χ0n) is 42.0. The second-order valence-electron chi connectivity index (χ2n) is 20.4. The van der Waals surface area contributed by atoms with E-state index >= 15 is 0 Å². The van der Waals surface area contributed by atoms with E-state index in [4.69, 9.17) is 42.6 Å². The number of hydrogen-bond donors (Lipinski definition) is 3. The smallest absolute Gasteiger partial charge is 0.407 e. The predicted octanol–water partition coefficient (Wildman–Crippen LogP) is 9.20. The molecule has 73 heavy (non-hydrogen) atoms.